The van der Waals surface area contributed by atoms with Crippen molar-refractivity contribution in [1.82, 2.24) is 0 Å². The third-order valence-corrected chi connectivity index (χ3v) is 2.58. The largest absolute Gasteiger partial charge is 0.491 e. The van der Waals surface area contributed by atoms with Gasteiger partial charge in [0, 0.05) is 6.04 Å². The van der Waals surface area contributed by atoms with E-state index in [9.17, 15) is 0 Å². The molecular weight excluding hydrogens is 190 g/mol. The second-order valence-electron chi connectivity index (χ2n) is 3.89. The van der Waals surface area contributed by atoms with Gasteiger partial charge in [-0.15, -0.1) is 0 Å². The lowest BCUT2D eigenvalue weighted by Gasteiger charge is -2.32. The minimum Gasteiger partial charge on any atom is -0.491 e. The molecule has 0 radical (unpaired) electrons. The van der Waals surface area contributed by atoms with Gasteiger partial charge in [0.1, 0.15) is 12.4 Å². The summed E-state index contributed by atoms with van der Waals surface area (Å²) in [6.07, 6.45) is 2.34. The van der Waals surface area contributed by atoms with Crippen LogP contribution in [-0.2, 0) is 4.74 Å². The highest BCUT2D eigenvalue weighted by molar-refractivity contribution is 5.20. The van der Waals surface area contributed by atoms with Crippen molar-refractivity contribution >= 4 is 0 Å². The first-order valence-electron chi connectivity index (χ1n) is 5.39. The molecule has 0 saturated heterocycles. The van der Waals surface area contributed by atoms with E-state index in [0.717, 1.165) is 18.6 Å². The Balaban J connectivity index is 1.56. The van der Waals surface area contributed by atoms with Gasteiger partial charge in [-0.3, -0.25) is 0 Å². The van der Waals surface area contributed by atoms with E-state index in [2.05, 4.69) is 0 Å². The van der Waals surface area contributed by atoms with Gasteiger partial charge in [-0.1, -0.05) is 18.2 Å². The van der Waals surface area contributed by atoms with Crippen molar-refractivity contribution < 1.29 is 9.47 Å². The normalized spacial score (nSPS) is 24.6. The summed E-state index contributed by atoms with van der Waals surface area (Å²) in [6.45, 7) is 1.25. The Hall–Kier alpha value is -1.06. The van der Waals surface area contributed by atoms with Crippen LogP contribution in [0, 0.1) is 0 Å². The fourth-order valence-electron chi connectivity index (χ4n) is 1.63. The van der Waals surface area contributed by atoms with Gasteiger partial charge in [0.2, 0.25) is 0 Å². The van der Waals surface area contributed by atoms with E-state index in [1.807, 2.05) is 30.3 Å². The van der Waals surface area contributed by atoms with E-state index in [1.54, 1.807) is 0 Å². The van der Waals surface area contributed by atoms with Crippen molar-refractivity contribution in [1.29, 1.82) is 0 Å². The summed E-state index contributed by atoms with van der Waals surface area (Å²) in [6, 6.07) is 10.1. The lowest BCUT2D eigenvalue weighted by atomic mass is 9.90. The van der Waals surface area contributed by atoms with Crippen LogP contribution in [0.5, 0.6) is 5.75 Å². The van der Waals surface area contributed by atoms with Crippen LogP contribution < -0.4 is 10.5 Å². The number of para-hydroxylation sites is 1. The van der Waals surface area contributed by atoms with E-state index in [-0.39, 0.29) is 0 Å². The lowest BCUT2D eigenvalue weighted by molar-refractivity contribution is -0.0197. The first kappa shape index (κ1) is 10.5. The summed E-state index contributed by atoms with van der Waals surface area (Å²) in [5.41, 5.74) is 5.65. The second-order valence-corrected chi connectivity index (χ2v) is 3.89. The third-order valence-electron chi connectivity index (χ3n) is 2.58. The van der Waals surface area contributed by atoms with E-state index >= 15 is 0 Å². The topological polar surface area (TPSA) is 44.5 Å². The molecule has 0 aliphatic heterocycles. The van der Waals surface area contributed by atoms with Crippen LogP contribution in [0.2, 0.25) is 0 Å². The summed E-state index contributed by atoms with van der Waals surface area (Å²) >= 11 is 0. The number of rotatable bonds is 5. The van der Waals surface area contributed by atoms with Crippen molar-refractivity contribution in [2.45, 2.75) is 25.0 Å². The van der Waals surface area contributed by atoms with Crippen LogP contribution in [0.3, 0.4) is 0 Å². The fourth-order valence-corrected chi connectivity index (χ4v) is 1.63. The second kappa shape index (κ2) is 5.14. The maximum Gasteiger partial charge on any atom is 0.119 e. The van der Waals surface area contributed by atoms with E-state index in [4.69, 9.17) is 15.2 Å². The Bertz CT molecular complexity index is 283. The average molecular weight is 207 g/mol. The molecule has 0 amide bonds. The molecule has 1 aromatic carbocycles. The van der Waals surface area contributed by atoms with E-state index in [1.165, 1.54) is 0 Å². The van der Waals surface area contributed by atoms with Gasteiger partial charge in [-0.25, -0.2) is 0 Å². The molecule has 1 aliphatic carbocycles. The molecule has 1 aromatic rings. The molecule has 1 aliphatic rings. The zero-order chi connectivity index (χ0) is 10.5. The number of hydrogen-bond donors (Lipinski definition) is 1. The van der Waals surface area contributed by atoms with Gasteiger partial charge in [0.15, 0.2) is 0 Å². The van der Waals surface area contributed by atoms with Crippen molar-refractivity contribution in [3.63, 3.8) is 0 Å². The lowest BCUT2D eigenvalue weighted by Crippen LogP contribution is -2.42. The molecule has 0 unspecified atom stereocenters. The van der Waals surface area contributed by atoms with Crippen LogP contribution in [0.4, 0.5) is 0 Å². The molecule has 15 heavy (non-hydrogen) atoms. The first-order chi connectivity index (χ1) is 7.34. The minimum atomic E-state index is 0.352. The molecule has 0 atom stereocenters. The van der Waals surface area contributed by atoms with Gasteiger partial charge >= 0.3 is 0 Å². The van der Waals surface area contributed by atoms with Crippen LogP contribution in [0.25, 0.3) is 0 Å². The molecule has 0 heterocycles. The molecule has 1 saturated carbocycles. The maximum absolute atomic E-state index is 5.65. The first-order valence-corrected chi connectivity index (χ1v) is 5.39. The third kappa shape index (κ3) is 3.22. The minimum absolute atomic E-state index is 0.352. The Labute approximate surface area is 90.2 Å². The molecule has 82 valence electrons. The van der Waals surface area contributed by atoms with Crippen molar-refractivity contribution in [3.05, 3.63) is 30.3 Å². The number of benzene rings is 1. The molecule has 3 nitrogen and oxygen atoms in total. The maximum atomic E-state index is 5.65. The molecular formula is C12H17NO2. The standard InChI is InChI=1S/C12H17NO2/c13-10-8-12(9-10)15-7-6-14-11-4-2-1-3-5-11/h1-5,10,12H,6-9,13H2. The molecule has 1 fully saturated rings. The Morgan fingerprint density at radius 2 is 1.87 bits per heavy atom. The smallest absolute Gasteiger partial charge is 0.119 e. The summed E-state index contributed by atoms with van der Waals surface area (Å²) < 4.78 is 11.1. The van der Waals surface area contributed by atoms with Crippen molar-refractivity contribution in [2.24, 2.45) is 5.73 Å². The molecule has 0 aromatic heterocycles. The van der Waals surface area contributed by atoms with Crippen LogP contribution in [0.1, 0.15) is 12.8 Å². The van der Waals surface area contributed by atoms with Gasteiger partial charge in [0.05, 0.1) is 12.7 Å². The van der Waals surface area contributed by atoms with Gasteiger partial charge in [-0.05, 0) is 25.0 Å². The highest BCUT2D eigenvalue weighted by atomic mass is 16.5. The number of hydrogen-bond acceptors (Lipinski definition) is 3. The molecule has 3 heteroatoms. The molecule has 2 rings (SSSR count). The molecule has 2 N–H and O–H groups in total. The predicted octanol–water partition coefficient (Wildman–Crippen LogP) is 1.57. The van der Waals surface area contributed by atoms with E-state index < -0.39 is 0 Å². The van der Waals surface area contributed by atoms with Crippen LogP contribution in [0.15, 0.2) is 30.3 Å². The zero-order valence-electron chi connectivity index (χ0n) is 8.76. The SMILES string of the molecule is NC1CC(OCCOc2ccccc2)C1. The number of ether oxygens (including phenoxy) is 2. The summed E-state index contributed by atoms with van der Waals surface area (Å²) in [7, 11) is 0. The predicted molar refractivity (Wildman–Crippen MR) is 58.9 cm³/mol. The van der Waals surface area contributed by atoms with Crippen LogP contribution >= 0.6 is 0 Å². The van der Waals surface area contributed by atoms with Gasteiger partial charge in [0.25, 0.3) is 0 Å². The number of nitrogens with two attached hydrogens (primary N) is 1. The quantitative estimate of drug-likeness (QED) is 0.745. The summed E-state index contributed by atoms with van der Waals surface area (Å²) in [5, 5.41) is 0. The average Bonchev–Trinajstić information content (AvgIpc) is 2.23. The Kier molecular flexibility index (Phi) is 3.59. The summed E-state index contributed by atoms with van der Waals surface area (Å²) in [5.74, 6) is 0.895. The van der Waals surface area contributed by atoms with Crippen molar-refractivity contribution in [2.75, 3.05) is 13.2 Å². The molecule has 0 bridgehead atoms. The van der Waals surface area contributed by atoms with Crippen molar-refractivity contribution in [3.8, 4) is 5.75 Å². The van der Waals surface area contributed by atoms with Crippen LogP contribution in [-0.4, -0.2) is 25.4 Å². The zero-order valence-corrected chi connectivity index (χ0v) is 8.76. The highest BCUT2D eigenvalue weighted by Gasteiger charge is 2.26. The highest BCUT2D eigenvalue weighted by Crippen LogP contribution is 2.20. The Morgan fingerprint density at radius 3 is 2.53 bits per heavy atom. The van der Waals surface area contributed by atoms with Gasteiger partial charge < -0.3 is 15.2 Å². The fraction of sp³-hybridized carbons (Fsp3) is 0.500. The Morgan fingerprint density at radius 1 is 1.13 bits per heavy atom. The monoisotopic (exact) mass is 207 g/mol. The van der Waals surface area contributed by atoms with Gasteiger partial charge in [-0.2, -0.15) is 0 Å². The summed E-state index contributed by atoms with van der Waals surface area (Å²) in [4.78, 5) is 0. The molecule has 0 spiro atoms. The van der Waals surface area contributed by atoms with E-state index in [0.29, 0.717) is 25.4 Å².